The van der Waals surface area contributed by atoms with Gasteiger partial charge in [-0.2, -0.15) is 0 Å². The lowest BCUT2D eigenvalue weighted by Gasteiger charge is -2.10. The van der Waals surface area contributed by atoms with Gasteiger partial charge in [0.2, 0.25) is 0 Å². The van der Waals surface area contributed by atoms with E-state index in [2.05, 4.69) is 179 Å². The van der Waals surface area contributed by atoms with Gasteiger partial charge in [-0.25, -0.2) is 0 Å². The van der Waals surface area contributed by atoms with Crippen LogP contribution in [-0.2, 0) is 0 Å². The highest BCUT2D eigenvalue weighted by atomic mass is 16.3. The molecule has 11 aromatic rings. The van der Waals surface area contributed by atoms with Crippen molar-refractivity contribution in [3.8, 4) is 33.6 Å². The molecule has 11 rings (SSSR count). The Morgan fingerprint density at radius 1 is 0.275 bits per heavy atom. The van der Waals surface area contributed by atoms with Crippen molar-refractivity contribution in [2.75, 3.05) is 0 Å². The van der Waals surface area contributed by atoms with E-state index >= 15 is 0 Å². The molecular formula is C48H30N2O. The molecule has 0 unspecified atom stereocenters. The van der Waals surface area contributed by atoms with Crippen LogP contribution in [0, 0.1) is 0 Å². The first-order valence-electron chi connectivity index (χ1n) is 17.4. The van der Waals surface area contributed by atoms with Crippen molar-refractivity contribution in [1.82, 2.24) is 9.13 Å². The molecule has 0 amide bonds. The van der Waals surface area contributed by atoms with E-state index in [1.807, 2.05) is 12.1 Å². The first kappa shape index (κ1) is 28.0. The molecule has 3 heteroatoms. The standard InChI is InChI=1S/C48H30N2O/c1-2-10-31(11-3-1)32-18-22-35(23-19-32)49-43-15-7-4-12-37(43)40-28-33(20-25-45(40)49)34-21-26-46-41(29-34)38-13-5-8-16-44(38)50(46)36-24-27-48-42(30-36)39-14-6-9-17-47(39)51-48/h1-30H. The van der Waals surface area contributed by atoms with Gasteiger partial charge in [-0.05, 0) is 95.1 Å². The van der Waals surface area contributed by atoms with E-state index in [1.54, 1.807) is 0 Å². The first-order chi connectivity index (χ1) is 25.3. The topological polar surface area (TPSA) is 23.0 Å². The second-order valence-electron chi connectivity index (χ2n) is 13.4. The normalized spacial score (nSPS) is 11.9. The minimum atomic E-state index is 0.906. The molecular weight excluding hydrogens is 621 g/mol. The van der Waals surface area contributed by atoms with Gasteiger partial charge in [0.25, 0.3) is 0 Å². The summed E-state index contributed by atoms with van der Waals surface area (Å²) in [5, 5.41) is 7.24. The SMILES string of the molecule is c1ccc(-c2ccc(-n3c4ccccc4c4cc(-c5ccc6c(c5)c5ccccc5n6-c5ccc6oc7ccccc7c6c5)ccc43)cc2)cc1. The van der Waals surface area contributed by atoms with Gasteiger partial charge in [0.05, 0.1) is 22.1 Å². The number of benzene rings is 8. The summed E-state index contributed by atoms with van der Waals surface area (Å²) in [6.07, 6.45) is 0. The van der Waals surface area contributed by atoms with E-state index in [4.69, 9.17) is 4.42 Å². The molecule has 0 N–H and O–H groups in total. The third-order valence-corrected chi connectivity index (χ3v) is 10.5. The predicted octanol–water partition coefficient (Wildman–Crippen LogP) is 13.1. The van der Waals surface area contributed by atoms with Crippen LogP contribution in [0.15, 0.2) is 186 Å². The quantitative estimate of drug-likeness (QED) is 0.186. The molecule has 3 nitrogen and oxygen atoms in total. The highest BCUT2D eigenvalue weighted by Gasteiger charge is 2.17. The van der Waals surface area contributed by atoms with Crippen LogP contribution >= 0.6 is 0 Å². The van der Waals surface area contributed by atoms with Gasteiger partial charge in [0.1, 0.15) is 11.2 Å². The largest absolute Gasteiger partial charge is 0.456 e. The van der Waals surface area contributed by atoms with Gasteiger partial charge < -0.3 is 13.6 Å². The lowest BCUT2D eigenvalue weighted by atomic mass is 10.0. The molecule has 0 aliphatic heterocycles. The zero-order chi connectivity index (χ0) is 33.5. The predicted molar refractivity (Wildman–Crippen MR) is 213 cm³/mol. The number of aromatic nitrogens is 2. The average molecular weight is 651 g/mol. The summed E-state index contributed by atoms with van der Waals surface area (Å²) in [6.45, 7) is 0. The zero-order valence-electron chi connectivity index (χ0n) is 27.6. The Labute approximate surface area is 293 Å². The lowest BCUT2D eigenvalue weighted by Crippen LogP contribution is -1.94. The third kappa shape index (κ3) is 4.25. The number of para-hydroxylation sites is 3. The summed E-state index contributed by atoms with van der Waals surface area (Å²) in [7, 11) is 0. The van der Waals surface area contributed by atoms with Crippen LogP contribution in [0.25, 0.3) is 99.2 Å². The third-order valence-electron chi connectivity index (χ3n) is 10.5. The van der Waals surface area contributed by atoms with E-state index in [0.29, 0.717) is 0 Å². The Kier molecular flexibility index (Phi) is 5.96. The molecule has 0 atom stereocenters. The maximum atomic E-state index is 6.16. The number of nitrogens with zero attached hydrogens (tertiary/aromatic N) is 2. The Morgan fingerprint density at radius 2 is 0.745 bits per heavy atom. The Morgan fingerprint density at radius 3 is 1.41 bits per heavy atom. The van der Waals surface area contributed by atoms with Crippen LogP contribution in [0.1, 0.15) is 0 Å². The van der Waals surface area contributed by atoms with E-state index < -0.39 is 0 Å². The molecule has 8 aromatic carbocycles. The summed E-state index contributed by atoms with van der Waals surface area (Å²) < 4.78 is 10.9. The molecule has 0 saturated heterocycles. The summed E-state index contributed by atoms with van der Waals surface area (Å²) in [4.78, 5) is 0. The lowest BCUT2D eigenvalue weighted by molar-refractivity contribution is 0.669. The molecule has 0 saturated carbocycles. The fraction of sp³-hybridized carbons (Fsp3) is 0. The minimum Gasteiger partial charge on any atom is -0.456 e. The van der Waals surface area contributed by atoms with Crippen LogP contribution < -0.4 is 0 Å². The van der Waals surface area contributed by atoms with Gasteiger partial charge in [0.15, 0.2) is 0 Å². The molecule has 0 radical (unpaired) electrons. The summed E-state index contributed by atoms with van der Waals surface area (Å²) in [6, 6.07) is 65.6. The summed E-state index contributed by atoms with van der Waals surface area (Å²) >= 11 is 0. The second-order valence-corrected chi connectivity index (χ2v) is 13.4. The van der Waals surface area contributed by atoms with E-state index in [9.17, 15) is 0 Å². The van der Waals surface area contributed by atoms with Gasteiger partial charge in [-0.3, -0.25) is 0 Å². The van der Waals surface area contributed by atoms with Crippen molar-refractivity contribution in [3.05, 3.63) is 182 Å². The van der Waals surface area contributed by atoms with Crippen LogP contribution in [0.5, 0.6) is 0 Å². The van der Waals surface area contributed by atoms with Crippen LogP contribution in [0.4, 0.5) is 0 Å². The molecule has 238 valence electrons. The molecule has 3 aromatic heterocycles. The highest BCUT2D eigenvalue weighted by Crippen LogP contribution is 2.39. The first-order valence-corrected chi connectivity index (χ1v) is 17.4. The average Bonchev–Trinajstić information content (AvgIpc) is 3.85. The number of furan rings is 1. The van der Waals surface area contributed by atoms with Crippen molar-refractivity contribution in [2.45, 2.75) is 0 Å². The molecule has 51 heavy (non-hydrogen) atoms. The van der Waals surface area contributed by atoms with E-state index in [-0.39, 0.29) is 0 Å². The minimum absolute atomic E-state index is 0.906. The number of hydrogen-bond donors (Lipinski definition) is 0. The highest BCUT2D eigenvalue weighted by molar-refractivity contribution is 6.13. The number of fused-ring (bicyclic) bond motifs is 9. The fourth-order valence-electron chi connectivity index (χ4n) is 8.15. The van der Waals surface area contributed by atoms with Gasteiger partial charge in [-0.1, -0.05) is 109 Å². The van der Waals surface area contributed by atoms with E-state index in [0.717, 1.165) is 33.3 Å². The summed E-state index contributed by atoms with van der Waals surface area (Å²) in [5.74, 6) is 0. The number of rotatable bonds is 4. The molecule has 0 fully saturated rings. The van der Waals surface area contributed by atoms with Gasteiger partial charge in [-0.15, -0.1) is 0 Å². The Bertz CT molecular complexity index is 3120. The van der Waals surface area contributed by atoms with Crippen LogP contribution in [0.2, 0.25) is 0 Å². The molecule has 0 bridgehead atoms. The maximum absolute atomic E-state index is 6.16. The summed E-state index contributed by atoms with van der Waals surface area (Å²) in [5.41, 5.74) is 13.7. The van der Waals surface area contributed by atoms with Gasteiger partial charge >= 0.3 is 0 Å². The smallest absolute Gasteiger partial charge is 0.135 e. The van der Waals surface area contributed by atoms with Gasteiger partial charge in [0, 0.05) is 43.7 Å². The van der Waals surface area contributed by atoms with Crippen LogP contribution in [-0.4, -0.2) is 9.13 Å². The van der Waals surface area contributed by atoms with Crippen molar-refractivity contribution >= 4 is 65.6 Å². The molecule has 3 heterocycles. The number of hydrogen-bond acceptors (Lipinski definition) is 1. The van der Waals surface area contributed by atoms with Crippen molar-refractivity contribution in [1.29, 1.82) is 0 Å². The fourth-order valence-corrected chi connectivity index (χ4v) is 8.15. The molecule has 0 aliphatic rings. The second kappa shape index (κ2) is 10.8. The van der Waals surface area contributed by atoms with Crippen molar-refractivity contribution in [2.24, 2.45) is 0 Å². The Hall–Kier alpha value is -6.84. The van der Waals surface area contributed by atoms with Crippen LogP contribution in [0.3, 0.4) is 0 Å². The molecule has 0 spiro atoms. The van der Waals surface area contributed by atoms with Crippen molar-refractivity contribution < 1.29 is 4.42 Å². The van der Waals surface area contributed by atoms with E-state index in [1.165, 1.54) is 65.9 Å². The van der Waals surface area contributed by atoms with Crippen molar-refractivity contribution in [3.63, 3.8) is 0 Å². The maximum Gasteiger partial charge on any atom is 0.135 e. The monoisotopic (exact) mass is 650 g/mol. The Balaban J connectivity index is 1.06. The molecule has 0 aliphatic carbocycles. The zero-order valence-corrected chi connectivity index (χ0v) is 27.6.